The first kappa shape index (κ1) is 13.8. The van der Waals surface area contributed by atoms with E-state index in [0.717, 1.165) is 16.8 Å². The van der Waals surface area contributed by atoms with E-state index in [9.17, 15) is 4.79 Å². The summed E-state index contributed by atoms with van der Waals surface area (Å²) in [5.74, 6) is -0.0640. The predicted octanol–water partition coefficient (Wildman–Crippen LogP) is 4.04. The lowest BCUT2D eigenvalue weighted by atomic mass is 9.98. The van der Waals surface area contributed by atoms with Crippen LogP contribution in [0.2, 0.25) is 5.02 Å². The highest BCUT2D eigenvalue weighted by Crippen LogP contribution is 2.33. The normalized spacial score (nSPS) is 17.7. The van der Waals surface area contributed by atoms with Crippen LogP contribution < -0.4 is 0 Å². The summed E-state index contributed by atoms with van der Waals surface area (Å²) in [5, 5.41) is 6.72. The van der Waals surface area contributed by atoms with Crippen LogP contribution in [0.3, 0.4) is 0 Å². The minimum Gasteiger partial charge on any atom is -0.273 e. The molecule has 0 radical (unpaired) electrons. The van der Waals surface area contributed by atoms with Gasteiger partial charge in [-0.05, 0) is 23.3 Å². The van der Waals surface area contributed by atoms with Crippen LogP contribution in [0.15, 0.2) is 59.7 Å². The lowest BCUT2D eigenvalue weighted by Gasteiger charge is -2.20. The average molecular weight is 299 g/mol. The van der Waals surface area contributed by atoms with E-state index >= 15 is 0 Å². The first-order valence-corrected chi connectivity index (χ1v) is 7.21. The number of carbonyl (C=O) groups is 1. The van der Waals surface area contributed by atoms with E-state index in [1.807, 2.05) is 54.6 Å². The Kier molecular flexibility index (Phi) is 3.76. The molecule has 0 aliphatic carbocycles. The number of carbonyl (C=O) groups excluding carboxylic acids is 1. The van der Waals surface area contributed by atoms with Crippen LogP contribution in [0.5, 0.6) is 0 Å². The van der Waals surface area contributed by atoms with Crippen molar-refractivity contribution in [3.05, 3.63) is 70.7 Å². The third-order valence-electron chi connectivity index (χ3n) is 3.57. The molecule has 1 amide bonds. The number of hydrogen-bond acceptors (Lipinski definition) is 2. The quantitative estimate of drug-likeness (QED) is 0.823. The molecule has 1 aliphatic rings. The number of hydrazone groups is 1. The highest BCUT2D eigenvalue weighted by atomic mass is 35.5. The van der Waals surface area contributed by atoms with E-state index in [0.29, 0.717) is 11.4 Å². The number of benzene rings is 2. The van der Waals surface area contributed by atoms with Gasteiger partial charge < -0.3 is 0 Å². The van der Waals surface area contributed by atoms with Crippen molar-refractivity contribution in [1.82, 2.24) is 5.01 Å². The Morgan fingerprint density at radius 2 is 1.95 bits per heavy atom. The van der Waals surface area contributed by atoms with E-state index in [1.165, 1.54) is 6.92 Å². The molecule has 2 aromatic rings. The SMILES string of the molecule is CC(=O)N1N=C(c2ccccc2)C[C@@H]1c1cccc(Cl)c1. The summed E-state index contributed by atoms with van der Waals surface area (Å²) in [6.07, 6.45) is 0.698. The van der Waals surface area contributed by atoms with Gasteiger partial charge in [-0.25, -0.2) is 5.01 Å². The van der Waals surface area contributed by atoms with Crippen molar-refractivity contribution >= 4 is 23.2 Å². The molecule has 1 atom stereocenters. The Morgan fingerprint density at radius 3 is 2.62 bits per heavy atom. The van der Waals surface area contributed by atoms with Gasteiger partial charge in [0.1, 0.15) is 0 Å². The Morgan fingerprint density at radius 1 is 1.19 bits per heavy atom. The maximum atomic E-state index is 11.9. The molecule has 0 bridgehead atoms. The Labute approximate surface area is 128 Å². The maximum absolute atomic E-state index is 11.9. The summed E-state index contributed by atoms with van der Waals surface area (Å²) in [4.78, 5) is 11.9. The van der Waals surface area contributed by atoms with Gasteiger partial charge in [-0.15, -0.1) is 0 Å². The molecule has 0 spiro atoms. The lowest BCUT2D eigenvalue weighted by molar-refractivity contribution is -0.130. The van der Waals surface area contributed by atoms with Gasteiger partial charge in [-0.3, -0.25) is 4.79 Å². The first-order valence-electron chi connectivity index (χ1n) is 6.83. The summed E-state index contributed by atoms with van der Waals surface area (Å²) in [7, 11) is 0. The molecule has 0 fully saturated rings. The summed E-state index contributed by atoms with van der Waals surface area (Å²) >= 11 is 6.06. The maximum Gasteiger partial charge on any atom is 0.240 e. The van der Waals surface area contributed by atoms with Gasteiger partial charge >= 0.3 is 0 Å². The van der Waals surface area contributed by atoms with E-state index in [1.54, 1.807) is 5.01 Å². The summed E-state index contributed by atoms with van der Waals surface area (Å²) in [5.41, 5.74) is 2.98. The number of halogens is 1. The van der Waals surface area contributed by atoms with E-state index in [-0.39, 0.29) is 11.9 Å². The first-order chi connectivity index (χ1) is 10.1. The van der Waals surface area contributed by atoms with Crippen LogP contribution in [-0.4, -0.2) is 16.6 Å². The van der Waals surface area contributed by atoms with Gasteiger partial charge in [-0.2, -0.15) is 5.10 Å². The molecule has 1 heterocycles. The molecule has 0 saturated carbocycles. The lowest BCUT2D eigenvalue weighted by Crippen LogP contribution is -2.24. The van der Waals surface area contributed by atoms with Gasteiger partial charge in [0.15, 0.2) is 0 Å². The van der Waals surface area contributed by atoms with Crippen molar-refractivity contribution in [2.24, 2.45) is 5.10 Å². The number of nitrogens with zero attached hydrogens (tertiary/aromatic N) is 2. The molecule has 2 aromatic carbocycles. The van der Waals surface area contributed by atoms with Crippen molar-refractivity contribution in [1.29, 1.82) is 0 Å². The molecular formula is C17H15ClN2O. The van der Waals surface area contributed by atoms with Crippen LogP contribution in [0.4, 0.5) is 0 Å². The average Bonchev–Trinajstić information content (AvgIpc) is 2.93. The number of amides is 1. The van der Waals surface area contributed by atoms with Crippen LogP contribution in [0.25, 0.3) is 0 Å². The van der Waals surface area contributed by atoms with E-state index in [4.69, 9.17) is 11.6 Å². The molecule has 0 saturated heterocycles. The van der Waals surface area contributed by atoms with Gasteiger partial charge in [0, 0.05) is 18.4 Å². The van der Waals surface area contributed by atoms with E-state index in [2.05, 4.69) is 5.10 Å². The van der Waals surface area contributed by atoms with Gasteiger partial charge in [0.05, 0.1) is 11.8 Å². The molecule has 106 valence electrons. The molecule has 3 nitrogen and oxygen atoms in total. The van der Waals surface area contributed by atoms with Crippen molar-refractivity contribution in [3.63, 3.8) is 0 Å². The zero-order valence-corrected chi connectivity index (χ0v) is 12.4. The second-order valence-electron chi connectivity index (χ2n) is 5.05. The molecule has 0 N–H and O–H groups in total. The molecule has 0 aromatic heterocycles. The van der Waals surface area contributed by atoms with Crippen molar-refractivity contribution in [2.75, 3.05) is 0 Å². The fourth-order valence-corrected chi connectivity index (χ4v) is 2.78. The summed E-state index contributed by atoms with van der Waals surface area (Å²) < 4.78 is 0. The topological polar surface area (TPSA) is 32.7 Å². The highest BCUT2D eigenvalue weighted by molar-refractivity contribution is 6.30. The van der Waals surface area contributed by atoms with Gasteiger partial charge in [0.25, 0.3) is 0 Å². The molecule has 0 unspecified atom stereocenters. The Hall–Kier alpha value is -2.13. The van der Waals surface area contributed by atoms with Crippen molar-refractivity contribution < 1.29 is 4.79 Å². The molecule has 21 heavy (non-hydrogen) atoms. The Balaban J connectivity index is 1.95. The third-order valence-corrected chi connectivity index (χ3v) is 3.81. The summed E-state index contributed by atoms with van der Waals surface area (Å²) in [6, 6.07) is 17.5. The highest BCUT2D eigenvalue weighted by Gasteiger charge is 2.31. The standard InChI is InChI=1S/C17H15ClN2O/c1-12(21)20-17(14-8-5-9-15(18)10-14)11-16(19-20)13-6-3-2-4-7-13/h2-10,17H,11H2,1H3/t17-/m1/s1. The zero-order chi connectivity index (χ0) is 14.8. The minimum atomic E-state index is -0.0867. The Bertz CT molecular complexity index is 697. The van der Waals surface area contributed by atoms with Gasteiger partial charge in [-0.1, -0.05) is 54.1 Å². The van der Waals surface area contributed by atoms with Crippen molar-refractivity contribution in [3.8, 4) is 0 Å². The molecular weight excluding hydrogens is 284 g/mol. The minimum absolute atomic E-state index is 0.0640. The molecule has 4 heteroatoms. The fourth-order valence-electron chi connectivity index (χ4n) is 2.58. The van der Waals surface area contributed by atoms with Crippen molar-refractivity contribution in [2.45, 2.75) is 19.4 Å². The van der Waals surface area contributed by atoms with E-state index < -0.39 is 0 Å². The molecule has 3 rings (SSSR count). The third kappa shape index (κ3) is 2.83. The van der Waals surface area contributed by atoms with Crippen LogP contribution >= 0.6 is 11.6 Å². The second kappa shape index (κ2) is 5.70. The van der Waals surface area contributed by atoms with Gasteiger partial charge in [0.2, 0.25) is 5.91 Å². The molecule has 1 aliphatic heterocycles. The number of rotatable bonds is 2. The largest absolute Gasteiger partial charge is 0.273 e. The fraction of sp³-hybridized carbons (Fsp3) is 0.176. The smallest absolute Gasteiger partial charge is 0.240 e. The van der Waals surface area contributed by atoms with Crippen LogP contribution in [0, 0.1) is 0 Å². The monoisotopic (exact) mass is 298 g/mol. The summed E-state index contributed by atoms with van der Waals surface area (Å²) in [6.45, 7) is 1.54. The predicted molar refractivity (Wildman–Crippen MR) is 84.3 cm³/mol. The second-order valence-corrected chi connectivity index (χ2v) is 5.49. The van der Waals surface area contributed by atoms with Crippen LogP contribution in [-0.2, 0) is 4.79 Å². The zero-order valence-electron chi connectivity index (χ0n) is 11.7. The van der Waals surface area contributed by atoms with Crippen LogP contribution in [0.1, 0.15) is 30.5 Å². The number of hydrogen-bond donors (Lipinski definition) is 0.